The summed E-state index contributed by atoms with van der Waals surface area (Å²) in [7, 11) is 4.62. The number of likely N-dealkylation sites (N-methyl/N-ethyl adjacent to an activating group) is 1. The second-order valence-corrected chi connectivity index (χ2v) is 10.3. The lowest BCUT2D eigenvalue weighted by Gasteiger charge is -2.59. The zero-order chi connectivity index (χ0) is 21.6. The lowest BCUT2D eigenvalue weighted by Crippen LogP contribution is -2.59. The molecule has 5 rings (SSSR count). The number of hydrogen-bond acceptors (Lipinski definition) is 7. The molecule has 0 spiro atoms. The molecule has 4 fully saturated rings. The minimum Gasteiger partial charge on any atom is -0.465 e. The van der Waals surface area contributed by atoms with Gasteiger partial charge in [-0.05, 0) is 75.8 Å². The topological polar surface area (TPSA) is 84.9 Å². The van der Waals surface area contributed by atoms with Crippen LogP contribution in [0.15, 0.2) is 0 Å². The lowest BCUT2D eigenvalue weighted by atomic mass is 9.52. The van der Waals surface area contributed by atoms with E-state index in [1.807, 2.05) is 7.05 Å². The molecule has 1 aromatic heterocycles. The summed E-state index contributed by atoms with van der Waals surface area (Å²) in [5, 5.41) is 3.19. The van der Waals surface area contributed by atoms with Crippen LogP contribution < -0.4 is 5.32 Å². The van der Waals surface area contributed by atoms with Crippen molar-refractivity contribution in [3.05, 3.63) is 16.0 Å². The first-order valence-corrected chi connectivity index (χ1v) is 11.4. The van der Waals surface area contributed by atoms with Gasteiger partial charge in [-0.1, -0.05) is 0 Å². The minimum atomic E-state index is -0.580. The van der Waals surface area contributed by atoms with Crippen molar-refractivity contribution in [3.63, 3.8) is 0 Å². The van der Waals surface area contributed by atoms with Gasteiger partial charge in [-0.2, -0.15) is 0 Å². The molecule has 0 radical (unpaired) electrons. The number of rotatable bonds is 6. The molecule has 0 aliphatic heterocycles. The lowest BCUT2D eigenvalue weighted by molar-refractivity contribution is -0.123. The van der Waals surface area contributed by atoms with Gasteiger partial charge in [-0.25, -0.2) is 9.59 Å². The van der Waals surface area contributed by atoms with Gasteiger partial charge in [0.2, 0.25) is 5.91 Å². The highest BCUT2D eigenvalue weighted by Gasteiger charge is 2.52. The number of carbonyl (C=O) groups excluding carboxylic acids is 3. The molecule has 164 valence electrons. The standard InChI is InChI=1S/C22H30N2O5S/c1-12-17(20(26)28-3)19(30-18(12)21(27)29-4)23-16(25)11-24(2)22-8-13-5-14(9-22)7-15(6-13)10-22/h13-15H,5-11H2,1-4H3,(H,23,25). The maximum Gasteiger partial charge on any atom is 0.348 e. The maximum atomic E-state index is 12.9. The number of thiophene rings is 1. The third-order valence-corrected chi connectivity index (χ3v) is 8.54. The van der Waals surface area contributed by atoms with Crippen molar-refractivity contribution in [3.8, 4) is 0 Å². The predicted molar refractivity (Wildman–Crippen MR) is 114 cm³/mol. The van der Waals surface area contributed by atoms with E-state index < -0.39 is 11.9 Å². The molecule has 8 heteroatoms. The smallest absolute Gasteiger partial charge is 0.348 e. The Hall–Kier alpha value is -1.93. The molecule has 4 saturated carbocycles. The molecule has 4 aliphatic rings. The van der Waals surface area contributed by atoms with Crippen molar-refractivity contribution in [1.29, 1.82) is 0 Å². The van der Waals surface area contributed by atoms with Crippen molar-refractivity contribution in [2.45, 2.75) is 51.0 Å². The Kier molecular flexibility index (Phi) is 5.66. The van der Waals surface area contributed by atoms with E-state index in [2.05, 4.69) is 10.2 Å². The number of esters is 2. The zero-order valence-electron chi connectivity index (χ0n) is 18.1. The van der Waals surface area contributed by atoms with Crippen molar-refractivity contribution in [2.75, 3.05) is 33.1 Å². The van der Waals surface area contributed by atoms with Crippen molar-refractivity contribution in [1.82, 2.24) is 4.90 Å². The van der Waals surface area contributed by atoms with Gasteiger partial charge in [0, 0.05) is 5.54 Å². The number of methoxy groups -OCH3 is 2. The summed E-state index contributed by atoms with van der Waals surface area (Å²) in [6, 6.07) is 0. The predicted octanol–water partition coefficient (Wildman–Crippen LogP) is 3.47. The molecule has 1 heterocycles. The van der Waals surface area contributed by atoms with Crippen LogP contribution in [0.2, 0.25) is 0 Å². The molecule has 4 bridgehead atoms. The fraction of sp³-hybridized carbons (Fsp3) is 0.682. The molecule has 1 amide bonds. The van der Waals surface area contributed by atoms with Crippen molar-refractivity contribution < 1.29 is 23.9 Å². The Balaban J connectivity index is 1.50. The van der Waals surface area contributed by atoms with E-state index in [1.54, 1.807) is 6.92 Å². The highest BCUT2D eigenvalue weighted by molar-refractivity contribution is 7.18. The van der Waals surface area contributed by atoms with E-state index in [-0.39, 0.29) is 23.6 Å². The maximum absolute atomic E-state index is 12.9. The second-order valence-electron chi connectivity index (χ2n) is 9.29. The van der Waals surface area contributed by atoms with E-state index in [9.17, 15) is 14.4 Å². The molecular weight excluding hydrogens is 404 g/mol. The van der Waals surface area contributed by atoms with Crippen LogP contribution in [0.1, 0.15) is 64.1 Å². The third-order valence-electron chi connectivity index (χ3n) is 7.36. The Morgan fingerprint density at radius 3 is 2.07 bits per heavy atom. The minimum absolute atomic E-state index is 0.125. The van der Waals surface area contributed by atoms with E-state index in [1.165, 1.54) is 52.7 Å². The Bertz CT molecular complexity index is 842. The molecule has 1 N–H and O–H groups in total. The number of ether oxygens (including phenoxy) is 2. The zero-order valence-corrected chi connectivity index (χ0v) is 18.9. The number of nitrogens with one attached hydrogen (secondary N) is 1. The van der Waals surface area contributed by atoms with Crippen LogP contribution in [-0.2, 0) is 14.3 Å². The van der Waals surface area contributed by atoms with Crippen LogP contribution in [0, 0.1) is 24.7 Å². The van der Waals surface area contributed by atoms with Gasteiger partial charge in [0.25, 0.3) is 0 Å². The summed E-state index contributed by atoms with van der Waals surface area (Å²) in [6.45, 7) is 1.92. The number of hydrogen-bond donors (Lipinski definition) is 1. The molecule has 0 saturated heterocycles. The molecule has 0 unspecified atom stereocenters. The summed E-state index contributed by atoms with van der Waals surface area (Å²) >= 11 is 1.05. The summed E-state index contributed by atoms with van der Waals surface area (Å²) in [6.07, 6.45) is 7.61. The summed E-state index contributed by atoms with van der Waals surface area (Å²) in [5.41, 5.74) is 0.803. The van der Waals surface area contributed by atoms with Gasteiger partial charge < -0.3 is 14.8 Å². The Morgan fingerprint density at radius 1 is 1.03 bits per heavy atom. The van der Waals surface area contributed by atoms with Crippen LogP contribution in [0.3, 0.4) is 0 Å². The van der Waals surface area contributed by atoms with Gasteiger partial charge in [-0.15, -0.1) is 11.3 Å². The van der Waals surface area contributed by atoms with Gasteiger partial charge in [0.15, 0.2) is 0 Å². The molecule has 0 atom stereocenters. The monoisotopic (exact) mass is 434 g/mol. The normalized spacial score (nSPS) is 29.2. The van der Waals surface area contributed by atoms with Crippen molar-refractivity contribution in [2.24, 2.45) is 17.8 Å². The number of amides is 1. The van der Waals surface area contributed by atoms with Crippen LogP contribution in [-0.4, -0.2) is 56.1 Å². The van der Waals surface area contributed by atoms with Crippen LogP contribution in [0.4, 0.5) is 5.00 Å². The van der Waals surface area contributed by atoms with Gasteiger partial charge in [-0.3, -0.25) is 9.69 Å². The molecular formula is C22H30N2O5S. The van der Waals surface area contributed by atoms with Gasteiger partial charge in [0.1, 0.15) is 9.88 Å². The Morgan fingerprint density at radius 2 is 1.57 bits per heavy atom. The summed E-state index contributed by atoms with van der Waals surface area (Å²) < 4.78 is 9.67. The summed E-state index contributed by atoms with van der Waals surface area (Å²) in [4.78, 5) is 39.8. The fourth-order valence-electron chi connectivity index (χ4n) is 6.32. The van der Waals surface area contributed by atoms with E-state index in [4.69, 9.17) is 9.47 Å². The highest BCUT2D eigenvalue weighted by Crippen LogP contribution is 2.57. The first-order valence-electron chi connectivity index (χ1n) is 10.6. The Labute approximate surface area is 181 Å². The SMILES string of the molecule is COC(=O)c1sc(NC(=O)CN(C)C23CC4CC(CC(C4)C2)C3)c(C(=O)OC)c1C. The molecule has 7 nitrogen and oxygen atoms in total. The largest absolute Gasteiger partial charge is 0.465 e. The van der Waals surface area contributed by atoms with Crippen LogP contribution in [0.5, 0.6) is 0 Å². The second kappa shape index (κ2) is 7.96. The number of anilines is 1. The summed E-state index contributed by atoms with van der Waals surface area (Å²) in [5.74, 6) is 1.11. The van der Waals surface area contributed by atoms with Crippen molar-refractivity contribution >= 4 is 34.2 Å². The highest BCUT2D eigenvalue weighted by atomic mass is 32.1. The molecule has 1 aromatic rings. The average molecular weight is 435 g/mol. The number of carbonyl (C=O) groups is 3. The average Bonchev–Trinajstić information content (AvgIpc) is 3.01. The third kappa shape index (κ3) is 3.64. The molecule has 0 aromatic carbocycles. The first-order chi connectivity index (χ1) is 14.3. The van der Waals surface area contributed by atoms with Crippen LogP contribution >= 0.6 is 11.3 Å². The first kappa shape index (κ1) is 21.3. The van der Waals surface area contributed by atoms with E-state index in [0.29, 0.717) is 15.4 Å². The van der Waals surface area contributed by atoms with Gasteiger partial charge in [0.05, 0.1) is 26.3 Å². The van der Waals surface area contributed by atoms with E-state index in [0.717, 1.165) is 29.1 Å². The quantitative estimate of drug-likeness (QED) is 0.690. The fourth-order valence-corrected chi connectivity index (χ4v) is 7.45. The van der Waals surface area contributed by atoms with E-state index >= 15 is 0 Å². The molecule has 4 aliphatic carbocycles. The van der Waals surface area contributed by atoms with Gasteiger partial charge >= 0.3 is 11.9 Å². The number of nitrogens with zero attached hydrogens (tertiary/aromatic N) is 1. The van der Waals surface area contributed by atoms with Crippen LogP contribution in [0.25, 0.3) is 0 Å². The molecule has 30 heavy (non-hydrogen) atoms.